The van der Waals surface area contributed by atoms with Crippen molar-refractivity contribution in [2.45, 2.75) is 37.6 Å². The average Bonchev–Trinajstić information content (AvgIpc) is 2.68. The van der Waals surface area contributed by atoms with E-state index in [0.29, 0.717) is 6.42 Å². The Hall–Kier alpha value is -1.81. The van der Waals surface area contributed by atoms with Crippen molar-refractivity contribution in [2.75, 3.05) is 0 Å². The van der Waals surface area contributed by atoms with Crippen LogP contribution in [0.2, 0.25) is 0 Å². The van der Waals surface area contributed by atoms with Crippen LogP contribution in [-0.2, 0) is 24.8 Å². The standard InChI is InChI=1S/C18H22FNO9P2/c1-2-4-16(21)27-15-7-6-13(9-14(15)19)17-28-30(23,24)18(22,31(25,26)29-17)10-12-5-3-8-20-11-12/h3,5-9,11,17,22-24,30H,2,4,10H2,1H3,(H,25,26). The van der Waals surface area contributed by atoms with Crippen LogP contribution in [0, 0.1) is 5.82 Å². The van der Waals surface area contributed by atoms with E-state index in [0.717, 1.165) is 18.2 Å². The van der Waals surface area contributed by atoms with Gasteiger partial charge in [0.1, 0.15) is 0 Å². The van der Waals surface area contributed by atoms with Crippen LogP contribution in [-0.4, -0.2) is 35.8 Å². The minimum absolute atomic E-state index is 0.0857. The zero-order valence-electron chi connectivity index (χ0n) is 16.3. The van der Waals surface area contributed by atoms with Gasteiger partial charge in [-0.25, -0.2) is 0 Å². The molecule has 0 bridgehead atoms. The van der Waals surface area contributed by atoms with Crippen LogP contribution in [0.1, 0.15) is 37.2 Å². The normalized spacial score (nSPS) is 28.6. The first-order chi connectivity index (χ1) is 14.5. The molecule has 4 N–H and O–H groups in total. The van der Waals surface area contributed by atoms with Crippen molar-refractivity contribution in [3.63, 3.8) is 0 Å². The molecule has 31 heavy (non-hydrogen) atoms. The van der Waals surface area contributed by atoms with Gasteiger partial charge < -0.3 is 0 Å². The monoisotopic (exact) mass is 477 g/mol. The number of aliphatic hydroxyl groups is 1. The number of halogens is 1. The van der Waals surface area contributed by atoms with Gasteiger partial charge in [0.25, 0.3) is 0 Å². The number of hydrogen-bond acceptors (Lipinski definition) is 9. The Labute approximate surface area is 177 Å². The second-order valence-electron chi connectivity index (χ2n) is 6.95. The van der Waals surface area contributed by atoms with Gasteiger partial charge >= 0.3 is 177 Å². The summed E-state index contributed by atoms with van der Waals surface area (Å²) in [5.74, 6) is -2.02. The molecule has 0 saturated carbocycles. The summed E-state index contributed by atoms with van der Waals surface area (Å²) >= 11 is 0. The molecule has 1 aliphatic rings. The fourth-order valence-corrected chi connectivity index (χ4v) is 6.88. The number of pyridine rings is 1. The molecule has 2 heterocycles. The molecule has 1 aromatic heterocycles. The van der Waals surface area contributed by atoms with Gasteiger partial charge in [0, 0.05) is 0 Å². The first-order valence-corrected chi connectivity index (χ1v) is 12.6. The van der Waals surface area contributed by atoms with Crippen LogP contribution in [0.15, 0.2) is 42.7 Å². The van der Waals surface area contributed by atoms with E-state index in [2.05, 4.69) is 4.98 Å². The Morgan fingerprint density at radius 1 is 1.39 bits per heavy atom. The van der Waals surface area contributed by atoms with Gasteiger partial charge in [-0.2, -0.15) is 0 Å². The van der Waals surface area contributed by atoms with Crippen LogP contribution >= 0.6 is 15.5 Å². The molecule has 13 heteroatoms. The van der Waals surface area contributed by atoms with Gasteiger partial charge in [0.15, 0.2) is 0 Å². The summed E-state index contributed by atoms with van der Waals surface area (Å²) in [6.45, 7) is 1.75. The Morgan fingerprint density at radius 3 is 2.71 bits per heavy atom. The van der Waals surface area contributed by atoms with Gasteiger partial charge in [0.2, 0.25) is 0 Å². The van der Waals surface area contributed by atoms with E-state index in [1.807, 2.05) is 0 Å². The fourth-order valence-electron chi connectivity index (χ4n) is 2.92. The summed E-state index contributed by atoms with van der Waals surface area (Å²) in [5, 5.41) is 7.71. The third-order valence-corrected chi connectivity index (χ3v) is 9.63. The number of carbonyl (C=O) groups is 1. The second kappa shape index (κ2) is 8.97. The zero-order valence-corrected chi connectivity index (χ0v) is 18.2. The molecule has 1 aliphatic heterocycles. The third-order valence-electron chi connectivity index (χ3n) is 4.58. The molecule has 10 nitrogen and oxygen atoms in total. The van der Waals surface area contributed by atoms with Crippen LogP contribution in [0.25, 0.3) is 0 Å². The Bertz CT molecular complexity index is 1010. The third kappa shape index (κ3) is 4.84. The molecule has 3 rings (SSSR count). The zero-order chi connectivity index (χ0) is 22.9. The number of rotatable bonds is 6. The van der Waals surface area contributed by atoms with Gasteiger partial charge in [-0.3, -0.25) is 0 Å². The van der Waals surface area contributed by atoms with Gasteiger partial charge in [-0.1, -0.05) is 0 Å². The molecule has 0 radical (unpaired) electrons. The number of benzene rings is 1. The summed E-state index contributed by atoms with van der Waals surface area (Å²) in [7, 11) is -10.4. The second-order valence-corrected chi connectivity index (χ2v) is 11.6. The number of hydrogen-bond donors (Lipinski definition) is 4. The molecule has 1 saturated heterocycles. The molecular weight excluding hydrogens is 455 g/mol. The molecule has 3 unspecified atom stereocenters. The maximum atomic E-state index is 14.3. The summed E-state index contributed by atoms with van der Waals surface area (Å²) in [4.78, 5) is 46.6. The quantitative estimate of drug-likeness (QED) is 0.277. The first-order valence-electron chi connectivity index (χ1n) is 9.24. The van der Waals surface area contributed by atoms with E-state index in [-0.39, 0.29) is 23.3 Å². The summed E-state index contributed by atoms with van der Waals surface area (Å²) in [6, 6.07) is 5.98. The topological polar surface area (TPSA) is 156 Å². The maximum absolute atomic E-state index is 14.3. The SMILES string of the molecule is CCCC(=O)Oc1ccc(C2OP(=O)(O)C(O)(Cc3cccnc3)[PH](O)(O)O2)cc1F. The van der Waals surface area contributed by atoms with Crippen molar-refractivity contribution in [3.05, 3.63) is 59.7 Å². The van der Waals surface area contributed by atoms with E-state index >= 15 is 0 Å². The molecule has 0 amide bonds. The van der Waals surface area contributed by atoms with Gasteiger partial charge in [-0.15, -0.1) is 0 Å². The van der Waals surface area contributed by atoms with Crippen molar-refractivity contribution < 1.29 is 47.3 Å². The average molecular weight is 477 g/mol. The summed E-state index contributed by atoms with van der Waals surface area (Å²) in [5.41, 5.74) is 0.0414. The Morgan fingerprint density at radius 2 is 2.13 bits per heavy atom. The van der Waals surface area contributed by atoms with E-state index in [1.54, 1.807) is 6.92 Å². The molecule has 170 valence electrons. The number of ether oxygens (including phenoxy) is 1. The number of esters is 1. The van der Waals surface area contributed by atoms with Crippen molar-refractivity contribution in [2.24, 2.45) is 0 Å². The number of aromatic nitrogens is 1. The van der Waals surface area contributed by atoms with E-state index in [9.17, 15) is 33.5 Å². The molecule has 1 aromatic carbocycles. The van der Waals surface area contributed by atoms with E-state index in [4.69, 9.17) is 13.8 Å². The summed E-state index contributed by atoms with van der Waals surface area (Å²) in [6.07, 6.45) is 0.750. The van der Waals surface area contributed by atoms with Crippen LogP contribution < -0.4 is 4.74 Å². The van der Waals surface area contributed by atoms with Crippen molar-refractivity contribution in [3.8, 4) is 5.75 Å². The first kappa shape index (κ1) is 23.8. The minimum atomic E-state index is -5.29. The summed E-state index contributed by atoms with van der Waals surface area (Å²) < 4.78 is 42.0. The van der Waals surface area contributed by atoms with Gasteiger partial charge in [-0.05, 0) is 0 Å². The molecular formula is C18H22FNO9P2. The molecule has 2 aromatic rings. The van der Waals surface area contributed by atoms with Crippen LogP contribution in [0.4, 0.5) is 4.39 Å². The van der Waals surface area contributed by atoms with Crippen LogP contribution in [0.5, 0.6) is 5.75 Å². The Balaban J connectivity index is 1.86. The van der Waals surface area contributed by atoms with Gasteiger partial charge in [0.05, 0.1) is 0 Å². The molecule has 1 fully saturated rings. The fraction of sp³-hybridized carbons (Fsp3) is 0.333. The molecule has 0 spiro atoms. The van der Waals surface area contributed by atoms with Crippen molar-refractivity contribution in [1.82, 2.24) is 4.98 Å². The molecule has 3 atom stereocenters. The van der Waals surface area contributed by atoms with E-state index < -0.39 is 45.1 Å². The number of nitrogens with zero attached hydrogens (tertiary/aromatic N) is 1. The molecule has 0 aliphatic carbocycles. The van der Waals surface area contributed by atoms with Crippen LogP contribution in [0.3, 0.4) is 0 Å². The van der Waals surface area contributed by atoms with Crippen molar-refractivity contribution >= 4 is 21.5 Å². The van der Waals surface area contributed by atoms with Crippen molar-refractivity contribution in [1.29, 1.82) is 0 Å². The predicted octanol–water partition coefficient (Wildman–Crippen LogP) is 2.53. The Kier molecular flexibility index (Phi) is 6.90. The number of carbonyl (C=O) groups excluding carboxylic acids is 1. The predicted molar refractivity (Wildman–Crippen MR) is 107 cm³/mol. The van der Waals surface area contributed by atoms with E-state index in [1.165, 1.54) is 24.5 Å².